The summed E-state index contributed by atoms with van der Waals surface area (Å²) in [5, 5.41) is 0. The summed E-state index contributed by atoms with van der Waals surface area (Å²) in [6.45, 7) is 5.91. The van der Waals surface area contributed by atoms with Crippen LogP contribution in [-0.4, -0.2) is 0 Å². The molecule has 0 aliphatic carbocycles. The molecule has 0 spiro atoms. The summed E-state index contributed by atoms with van der Waals surface area (Å²) < 4.78 is 0. The summed E-state index contributed by atoms with van der Waals surface area (Å²) in [6, 6.07) is 0. The maximum Gasteiger partial charge on any atom is 0.0850 e. The Morgan fingerprint density at radius 1 is 1.57 bits per heavy atom. The first-order valence-corrected chi connectivity index (χ1v) is 3.02. The van der Waals surface area contributed by atoms with Crippen LogP contribution in [0.5, 0.6) is 0 Å². The minimum Gasteiger partial charge on any atom is -0.0651 e. The van der Waals surface area contributed by atoms with Gasteiger partial charge < -0.3 is 0 Å². The fourth-order valence-electron chi connectivity index (χ4n) is 0.493. The molecular weight excluding hydrogens is 84.1 g/mol. The molecule has 0 fully saturated rings. The maximum absolute atomic E-state index is 3.74. The first-order valence-electron chi connectivity index (χ1n) is 3.02. The lowest BCUT2D eigenvalue weighted by Gasteiger charge is -1.87. The maximum atomic E-state index is 3.74. The molecule has 0 saturated heterocycles. The van der Waals surface area contributed by atoms with Crippen LogP contribution in [0.3, 0.4) is 0 Å². The summed E-state index contributed by atoms with van der Waals surface area (Å²) in [7, 11) is 0. The van der Waals surface area contributed by atoms with Crippen molar-refractivity contribution in [3.8, 4) is 0 Å². The van der Waals surface area contributed by atoms with Gasteiger partial charge in [-0.15, -0.1) is 0 Å². The van der Waals surface area contributed by atoms with Gasteiger partial charge in [-0.05, 0) is 19.3 Å². The molecule has 0 N–H and O–H groups in total. The van der Waals surface area contributed by atoms with E-state index in [4.69, 9.17) is 0 Å². The van der Waals surface area contributed by atoms with Crippen LogP contribution >= 0.6 is 0 Å². The summed E-state index contributed by atoms with van der Waals surface area (Å²) in [5.41, 5.74) is 0. The van der Waals surface area contributed by atoms with Gasteiger partial charge in [0.15, 0.2) is 0 Å². The fourth-order valence-corrected chi connectivity index (χ4v) is 0.493. The second-order valence-corrected chi connectivity index (χ2v) is 1.69. The Hall–Kier alpha value is -0.130. The molecule has 0 aromatic carbocycles. The van der Waals surface area contributed by atoms with E-state index in [1.807, 2.05) is 0 Å². The second-order valence-electron chi connectivity index (χ2n) is 1.69. The standard InChI is InChI=1S/C7H14/c1-3-5-7-6-4-2/h6H,1,3-5,7H2,2H3/q+1. The highest BCUT2D eigenvalue weighted by Crippen LogP contribution is 1.98. The molecule has 0 amide bonds. The highest BCUT2D eigenvalue weighted by atomic mass is 13.9. The van der Waals surface area contributed by atoms with Crippen molar-refractivity contribution in [3.05, 3.63) is 13.3 Å². The van der Waals surface area contributed by atoms with Gasteiger partial charge in [-0.25, -0.2) is 0 Å². The van der Waals surface area contributed by atoms with Gasteiger partial charge in [0.2, 0.25) is 0 Å². The van der Waals surface area contributed by atoms with E-state index in [1.54, 1.807) is 0 Å². The third-order valence-corrected chi connectivity index (χ3v) is 0.947. The van der Waals surface area contributed by atoms with E-state index in [0.717, 1.165) is 6.42 Å². The zero-order chi connectivity index (χ0) is 5.54. The van der Waals surface area contributed by atoms with Crippen molar-refractivity contribution in [1.82, 2.24) is 0 Å². The van der Waals surface area contributed by atoms with Crippen molar-refractivity contribution in [1.29, 1.82) is 0 Å². The van der Waals surface area contributed by atoms with Crippen molar-refractivity contribution < 1.29 is 0 Å². The molecule has 0 atom stereocenters. The highest BCUT2D eigenvalue weighted by Gasteiger charge is 1.84. The molecule has 0 unspecified atom stereocenters. The molecule has 0 heteroatoms. The van der Waals surface area contributed by atoms with Crippen LogP contribution in [0.1, 0.15) is 32.6 Å². The smallest absolute Gasteiger partial charge is 0.0651 e. The number of hydrogen-bond acceptors (Lipinski definition) is 0. The van der Waals surface area contributed by atoms with Gasteiger partial charge in [0.25, 0.3) is 0 Å². The van der Waals surface area contributed by atoms with Crippen LogP contribution in [0, 0.1) is 13.3 Å². The molecule has 0 bridgehead atoms. The van der Waals surface area contributed by atoms with Crippen LogP contribution in [0.25, 0.3) is 0 Å². The molecule has 0 aliphatic rings. The molecular formula is C7H14+. The lowest BCUT2D eigenvalue weighted by molar-refractivity contribution is 0.796. The monoisotopic (exact) mass is 98.1 g/mol. The fraction of sp³-hybridized carbons (Fsp3) is 0.714. The van der Waals surface area contributed by atoms with Gasteiger partial charge in [-0.1, -0.05) is 13.3 Å². The minimum absolute atomic E-state index is 1.08. The van der Waals surface area contributed by atoms with E-state index in [-0.39, 0.29) is 0 Å². The van der Waals surface area contributed by atoms with Crippen LogP contribution < -0.4 is 0 Å². The largest absolute Gasteiger partial charge is 0.0850 e. The van der Waals surface area contributed by atoms with Gasteiger partial charge in [0.1, 0.15) is 0 Å². The van der Waals surface area contributed by atoms with Crippen molar-refractivity contribution in [2.45, 2.75) is 32.6 Å². The zero-order valence-corrected chi connectivity index (χ0v) is 5.11. The predicted molar refractivity (Wildman–Crippen MR) is 33.8 cm³/mol. The summed E-state index contributed by atoms with van der Waals surface area (Å²) in [6.07, 6.45) is 7.09. The van der Waals surface area contributed by atoms with Crippen LogP contribution in [0.4, 0.5) is 0 Å². The first-order chi connectivity index (χ1) is 3.41. The van der Waals surface area contributed by atoms with E-state index >= 15 is 0 Å². The number of hydrogen-bond donors (Lipinski definition) is 0. The third kappa shape index (κ3) is 5.87. The lowest BCUT2D eigenvalue weighted by atomic mass is 10.2. The van der Waals surface area contributed by atoms with E-state index in [9.17, 15) is 0 Å². The van der Waals surface area contributed by atoms with Crippen LogP contribution in [0.2, 0.25) is 0 Å². The van der Waals surface area contributed by atoms with Crippen molar-refractivity contribution in [3.63, 3.8) is 0 Å². The topological polar surface area (TPSA) is 0 Å². The molecule has 0 aromatic heterocycles. The summed E-state index contributed by atoms with van der Waals surface area (Å²) >= 11 is 0. The van der Waals surface area contributed by atoms with Gasteiger partial charge in [0, 0.05) is 0 Å². The molecule has 7 heavy (non-hydrogen) atoms. The van der Waals surface area contributed by atoms with Crippen molar-refractivity contribution >= 4 is 0 Å². The van der Waals surface area contributed by atoms with Gasteiger partial charge >= 0.3 is 0 Å². The first kappa shape index (κ1) is 6.87. The highest BCUT2D eigenvalue weighted by molar-refractivity contribution is 4.60. The minimum atomic E-state index is 1.08. The Balaban J connectivity index is 2.45. The van der Waals surface area contributed by atoms with Crippen molar-refractivity contribution in [2.75, 3.05) is 0 Å². The Bertz CT molecular complexity index is 19.2. The second kappa shape index (κ2) is 5.87. The SMILES string of the molecule is [CH2+]CCC[CH]CC. The summed E-state index contributed by atoms with van der Waals surface area (Å²) in [5.74, 6) is 0. The molecule has 0 aromatic rings. The average Bonchev–Trinajstić information content (AvgIpc) is 1.69. The van der Waals surface area contributed by atoms with Crippen molar-refractivity contribution in [2.24, 2.45) is 0 Å². The molecule has 0 heterocycles. The molecule has 0 aliphatic heterocycles. The normalized spacial score (nSPS) is 9.29. The lowest BCUT2D eigenvalue weighted by Crippen LogP contribution is -1.72. The number of unbranched alkanes of at least 4 members (excludes halogenated alkanes) is 4. The molecule has 41 valence electrons. The van der Waals surface area contributed by atoms with E-state index in [1.165, 1.54) is 19.3 Å². The molecule has 0 saturated carbocycles. The third-order valence-electron chi connectivity index (χ3n) is 0.947. The summed E-state index contributed by atoms with van der Waals surface area (Å²) in [4.78, 5) is 0. The Labute approximate surface area is 46.9 Å². The van der Waals surface area contributed by atoms with Gasteiger partial charge in [0.05, 0.1) is 13.3 Å². The average molecular weight is 98.2 g/mol. The Morgan fingerprint density at radius 3 is 2.71 bits per heavy atom. The Morgan fingerprint density at radius 2 is 2.29 bits per heavy atom. The quantitative estimate of drug-likeness (QED) is 0.374. The van der Waals surface area contributed by atoms with Crippen LogP contribution in [-0.2, 0) is 0 Å². The number of rotatable bonds is 4. The molecule has 0 rings (SSSR count). The van der Waals surface area contributed by atoms with Crippen LogP contribution in [0.15, 0.2) is 0 Å². The zero-order valence-electron chi connectivity index (χ0n) is 5.11. The molecule has 1 radical (unpaired) electrons. The molecule has 0 nitrogen and oxygen atoms in total. The van der Waals surface area contributed by atoms with Gasteiger partial charge in [-0.3, -0.25) is 0 Å². The Kier molecular flexibility index (Phi) is 5.76. The van der Waals surface area contributed by atoms with E-state index in [2.05, 4.69) is 20.3 Å². The van der Waals surface area contributed by atoms with E-state index in [0.29, 0.717) is 0 Å². The predicted octanol–water partition coefficient (Wildman–Crippen LogP) is 2.61. The van der Waals surface area contributed by atoms with E-state index < -0.39 is 0 Å². The van der Waals surface area contributed by atoms with Gasteiger partial charge in [-0.2, -0.15) is 0 Å².